The van der Waals surface area contributed by atoms with Crippen molar-refractivity contribution < 1.29 is 4.39 Å². The van der Waals surface area contributed by atoms with Crippen LogP contribution in [0.4, 0.5) is 4.39 Å². The molecule has 0 aliphatic heterocycles. The van der Waals surface area contributed by atoms with E-state index >= 15 is 4.39 Å². The molecule has 0 atom stereocenters. The van der Waals surface area contributed by atoms with Crippen LogP contribution in [0.1, 0.15) is 80.0 Å². The quantitative estimate of drug-likeness (QED) is 0.211. The lowest BCUT2D eigenvalue weighted by Crippen LogP contribution is -2.11. The summed E-state index contributed by atoms with van der Waals surface area (Å²) in [5.41, 5.74) is 4.06. The molecule has 0 unspecified atom stereocenters. The van der Waals surface area contributed by atoms with Gasteiger partial charge in [-0.1, -0.05) is 74.1 Å². The Kier molecular flexibility index (Phi) is 7.43. The smallest absolute Gasteiger partial charge is 0.146 e. The molecule has 1 aliphatic rings. The van der Waals surface area contributed by atoms with Crippen LogP contribution in [0.25, 0.3) is 10.8 Å². The Labute approximate surface area is 192 Å². The first-order valence-electron chi connectivity index (χ1n) is 12.1. The van der Waals surface area contributed by atoms with Gasteiger partial charge in [0, 0.05) is 10.9 Å². The molecule has 1 fully saturated rings. The zero-order valence-corrected chi connectivity index (χ0v) is 19.2. The Morgan fingerprint density at radius 2 is 1.72 bits per heavy atom. The Bertz CT molecular complexity index is 1120. The van der Waals surface area contributed by atoms with E-state index < -0.39 is 0 Å². The summed E-state index contributed by atoms with van der Waals surface area (Å²) in [6.45, 7) is 6.15. The van der Waals surface area contributed by atoms with Crippen LogP contribution < -0.4 is 0 Å². The van der Waals surface area contributed by atoms with E-state index in [1.54, 1.807) is 0 Å². The highest BCUT2D eigenvalue weighted by atomic mass is 19.1. The van der Waals surface area contributed by atoms with Crippen LogP contribution in [0.5, 0.6) is 0 Å². The molecule has 32 heavy (non-hydrogen) atoms. The van der Waals surface area contributed by atoms with Crippen LogP contribution in [0, 0.1) is 23.6 Å². The minimum atomic E-state index is -0.217. The molecule has 0 N–H and O–H groups in total. The van der Waals surface area contributed by atoms with Crippen LogP contribution in [0.2, 0.25) is 0 Å². The number of halogens is 1. The summed E-state index contributed by atoms with van der Waals surface area (Å²) in [5, 5.41) is 1.61. The average Bonchev–Trinajstić information content (AvgIpc) is 2.84. The molecule has 0 spiro atoms. The highest BCUT2D eigenvalue weighted by Gasteiger charge is 2.20. The lowest BCUT2D eigenvalue weighted by Gasteiger charge is -2.26. The average molecular weight is 425 g/mol. The van der Waals surface area contributed by atoms with E-state index in [4.69, 9.17) is 0 Å². The van der Waals surface area contributed by atoms with Gasteiger partial charge in [-0.2, -0.15) is 0 Å². The summed E-state index contributed by atoms with van der Waals surface area (Å²) < 4.78 is 15.1. The Morgan fingerprint density at radius 1 is 0.938 bits per heavy atom. The fraction of sp³-hybridized carbons (Fsp3) is 0.355. The number of benzene rings is 3. The van der Waals surface area contributed by atoms with Crippen molar-refractivity contribution >= 4 is 10.8 Å². The van der Waals surface area contributed by atoms with E-state index in [1.807, 2.05) is 18.2 Å². The SMILES string of the molecule is C=CC1CCC(c2ccc(C#Cc3ccc4cc(CCCCC)ccc4c3F)cc2)CC1. The fourth-order valence-corrected chi connectivity index (χ4v) is 4.84. The van der Waals surface area contributed by atoms with Crippen LogP contribution in [0.3, 0.4) is 0 Å². The number of hydrogen-bond acceptors (Lipinski definition) is 0. The third kappa shape index (κ3) is 5.31. The standard InChI is InChI=1S/C31H33F/c1-3-5-6-7-25-13-21-30-29(22-25)20-19-28(31(30)32)18-12-24-10-16-27(17-11-24)26-14-8-23(4-2)9-15-26/h4,10-11,13,16-17,19-23,26H,2-3,5-9,14-15H2,1H3. The van der Waals surface area contributed by atoms with Gasteiger partial charge >= 0.3 is 0 Å². The number of unbranched alkanes of at least 4 members (excludes halogenated alkanes) is 2. The van der Waals surface area contributed by atoms with Crippen molar-refractivity contribution in [2.24, 2.45) is 5.92 Å². The molecule has 3 aromatic carbocycles. The molecule has 164 valence electrons. The fourth-order valence-electron chi connectivity index (χ4n) is 4.84. The van der Waals surface area contributed by atoms with Gasteiger partial charge < -0.3 is 0 Å². The van der Waals surface area contributed by atoms with Gasteiger partial charge in [0.2, 0.25) is 0 Å². The molecule has 4 rings (SSSR count). The molecular formula is C31H33F. The predicted octanol–water partition coefficient (Wildman–Crippen LogP) is 8.57. The molecule has 0 aromatic heterocycles. The number of allylic oxidation sites excluding steroid dienone is 1. The molecule has 0 amide bonds. The molecule has 0 saturated heterocycles. The zero-order valence-electron chi connectivity index (χ0n) is 19.2. The topological polar surface area (TPSA) is 0 Å². The number of hydrogen-bond donors (Lipinski definition) is 0. The number of fused-ring (bicyclic) bond motifs is 1. The van der Waals surface area contributed by atoms with E-state index in [0.29, 0.717) is 22.8 Å². The summed E-state index contributed by atoms with van der Waals surface area (Å²) in [6.07, 6.45) is 11.7. The summed E-state index contributed by atoms with van der Waals surface area (Å²) in [7, 11) is 0. The molecule has 0 nitrogen and oxygen atoms in total. The normalized spacial score (nSPS) is 18.2. The maximum atomic E-state index is 15.1. The maximum absolute atomic E-state index is 15.1. The zero-order chi connectivity index (χ0) is 22.3. The molecular weight excluding hydrogens is 391 g/mol. The van der Waals surface area contributed by atoms with E-state index in [0.717, 1.165) is 17.4 Å². The molecule has 0 bridgehead atoms. The van der Waals surface area contributed by atoms with Crippen molar-refractivity contribution in [2.75, 3.05) is 0 Å². The van der Waals surface area contributed by atoms with E-state index in [9.17, 15) is 0 Å². The summed E-state index contributed by atoms with van der Waals surface area (Å²) in [4.78, 5) is 0. The van der Waals surface area contributed by atoms with Crippen molar-refractivity contribution in [1.29, 1.82) is 0 Å². The third-order valence-corrected chi connectivity index (χ3v) is 6.92. The maximum Gasteiger partial charge on any atom is 0.146 e. The molecule has 3 aromatic rings. The first kappa shape index (κ1) is 22.3. The van der Waals surface area contributed by atoms with Gasteiger partial charge in [0.25, 0.3) is 0 Å². The van der Waals surface area contributed by atoms with Gasteiger partial charge in [0.15, 0.2) is 0 Å². The Balaban J connectivity index is 1.46. The second-order valence-corrected chi connectivity index (χ2v) is 9.16. The van der Waals surface area contributed by atoms with E-state index in [2.05, 4.69) is 67.8 Å². The Morgan fingerprint density at radius 3 is 2.44 bits per heavy atom. The van der Waals surface area contributed by atoms with Gasteiger partial charge in [-0.05, 0) is 85.1 Å². The van der Waals surface area contributed by atoms with Gasteiger partial charge in [0.1, 0.15) is 5.82 Å². The molecule has 1 aliphatic carbocycles. The van der Waals surface area contributed by atoms with Gasteiger partial charge in [-0.25, -0.2) is 4.39 Å². The minimum absolute atomic E-state index is 0.217. The number of aryl methyl sites for hydroxylation is 1. The van der Waals surface area contributed by atoms with Crippen molar-refractivity contribution in [2.45, 2.75) is 64.2 Å². The van der Waals surface area contributed by atoms with Crippen molar-refractivity contribution in [3.63, 3.8) is 0 Å². The van der Waals surface area contributed by atoms with Gasteiger partial charge in [-0.15, -0.1) is 6.58 Å². The molecule has 0 heterocycles. The van der Waals surface area contributed by atoms with Gasteiger partial charge in [0.05, 0.1) is 5.56 Å². The predicted molar refractivity (Wildman–Crippen MR) is 134 cm³/mol. The van der Waals surface area contributed by atoms with Crippen molar-refractivity contribution in [1.82, 2.24) is 0 Å². The lowest BCUT2D eigenvalue weighted by atomic mass is 9.79. The number of rotatable bonds is 6. The van der Waals surface area contributed by atoms with Crippen molar-refractivity contribution in [3.8, 4) is 11.8 Å². The van der Waals surface area contributed by atoms with Crippen LogP contribution in [0.15, 0.2) is 67.3 Å². The first-order chi connectivity index (χ1) is 15.7. The second-order valence-electron chi connectivity index (χ2n) is 9.16. The highest BCUT2D eigenvalue weighted by molar-refractivity contribution is 5.85. The summed E-state index contributed by atoms with van der Waals surface area (Å²) in [5.74, 6) is 7.31. The monoisotopic (exact) mass is 424 g/mol. The summed E-state index contributed by atoms with van der Waals surface area (Å²) in [6, 6.07) is 18.4. The lowest BCUT2D eigenvalue weighted by molar-refractivity contribution is 0.376. The third-order valence-electron chi connectivity index (χ3n) is 6.92. The highest BCUT2D eigenvalue weighted by Crippen LogP contribution is 2.36. The first-order valence-corrected chi connectivity index (χ1v) is 12.1. The molecule has 1 heteroatoms. The molecule has 0 radical (unpaired) electrons. The van der Waals surface area contributed by atoms with Crippen LogP contribution in [-0.2, 0) is 6.42 Å². The van der Waals surface area contributed by atoms with Crippen molar-refractivity contribution in [3.05, 3.63) is 95.3 Å². The minimum Gasteiger partial charge on any atom is -0.205 e. The summed E-state index contributed by atoms with van der Waals surface area (Å²) >= 11 is 0. The van der Waals surface area contributed by atoms with Crippen LogP contribution >= 0.6 is 0 Å². The van der Waals surface area contributed by atoms with Gasteiger partial charge in [-0.3, -0.25) is 0 Å². The van der Waals surface area contributed by atoms with E-state index in [1.165, 1.54) is 56.1 Å². The second kappa shape index (κ2) is 10.6. The Hall–Kier alpha value is -2.85. The van der Waals surface area contributed by atoms with Crippen LogP contribution in [-0.4, -0.2) is 0 Å². The molecule has 1 saturated carbocycles. The van der Waals surface area contributed by atoms with E-state index in [-0.39, 0.29) is 5.82 Å². The largest absolute Gasteiger partial charge is 0.205 e.